The number of anilines is 1. The fourth-order valence-electron chi connectivity index (χ4n) is 1.14. The molecule has 4 N–H and O–H groups in total. The Morgan fingerprint density at radius 1 is 1.50 bits per heavy atom. The van der Waals surface area contributed by atoms with E-state index in [1.807, 2.05) is 20.8 Å². The lowest BCUT2D eigenvalue weighted by atomic mass is 10.1. The van der Waals surface area contributed by atoms with Gasteiger partial charge in [0.25, 0.3) is 5.91 Å². The van der Waals surface area contributed by atoms with Crippen LogP contribution in [0, 0.1) is 6.92 Å². The number of aromatic nitrogens is 2. The molecule has 0 atom stereocenters. The summed E-state index contributed by atoms with van der Waals surface area (Å²) < 4.78 is 0. The molecule has 0 saturated heterocycles. The van der Waals surface area contributed by atoms with Crippen LogP contribution in [-0.4, -0.2) is 21.6 Å². The molecule has 1 aromatic rings. The molecule has 0 aromatic carbocycles. The van der Waals surface area contributed by atoms with Crippen molar-refractivity contribution in [3.63, 3.8) is 0 Å². The molecule has 0 aliphatic carbocycles. The number of H-pyrrole nitrogens is 1. The summed E-state index contributed by atoms with van der Waals surface area (Å²) in [5.74, 6) is 0.0468. The number of carbonyl (C=O) groups is 1. The minimum Gasteiger partial charge on any atom is -0.382 e. The average molecular weight is 196 g/mol. The number of nitrogens with one attached hydrogen (secondary N) is 2. The molecule has 5 nitrogen and oxygen atoms in total. The van der Waals surface area contributed by atoms with Crippen molar-refractivity contribution in [1.29, 1.82) is 0 Å². The molecule has 0 aliphatic rings. The van der Waals surface area contributed by atoms with Crippen molar-refractivity contribution in [1.82, 2.24) is 15.5 Å². The first-order valence-electron chi connectivity index (χ1n) is 4.44. The van der Waals surface area contributed by atoms with Crippen molar-refractivity contribution >= 4 is 11.7 Å². The first kappa shape index (κ1) is 10.6. The van der Waals surface area contributed by atoms with E-state index in [9.17, 15) is 4.79 Å². The van der Waals surface area contributed by atoms with Crippen LogP contribution in [0.3, 0.4) is 0 Å². The minimum atomic E-state index is -0.271. The van der Waals surface area contributed by atoms with Gasteiger partial charge in [0.05, 0.1) is 0 Å². The van der Waals surface area contributed by atoms with E-state index in [0.717, 1.165) is 0 Å². The van der Waals surface area contributed by atoms with Crippen LogP contribution >= 0.6 is 0 Å². The number of rotatable bonds is 1. The van der Waals surface area contributed by atoms with Gasteiger partial charge in [-0.05, 0) is 27.7 Å². The Morgan fingerprint density at radius 2 is 2.07 bits per heavy atom. The Labute approximate surface area is 83.1 Å². The number of aromatic amines is 1. The number of nitrogens with zero attached hydrogens (tertiary/aromatic N) is 1. The van der Waals surface area contributed by atoms with E-state index >= 15 is 0 Å². The molecule has 0 spiro atoms. The number of hydrogen-bond acceptors (Lipinski definition) is 3. The van der Waals surface area contributed by atoms with Crippen LogP contribution in [-0.2, 0) is 0 Å². The van der Waals surface area contributed by atoms with Gasteiger partial charge in [0.1, 0.15) is 5.56 Å². The maximum atomic E-state index is 11.7. The van der Waals surface area contributed by atoms with Crippen LogP contribution in [0.1, 0.15) is 36.8 Å². The van der Waals surface area contributed by atoms with Gasteiger partial charge in [-0.25, -0.2) is 0 Å². The number of amides is 1. The molecule has 1 aromatic heterocycles. The molecule has 1 amide bonds. The second kappa shape index (κ2) is 3.32. The molecule has 78 valence electrons. The standard InChI is InChI=1S/C9H16N4O/c1-5-6(7(10)13-12-5)8(14)11-9(2,3)4/h1-4H3,(H,11,14)(H3,10,12,13). The van der Waals surface area contributed by atoms with Crippen LogP contribution in [0.15, 0.2) is 0 Å². The summed E-state index contributed by atoms with van der Waals surface area (Å²) in [4.78, 5) is 11.7. The third-order valence-corrected chi connectivity index (χ3v) is 1.69. The van der Waals surface area contributed by atoms with Crippen molar-refractivity contribution in [2.24, 2.45) is 0 Å². The topological polar surface area (TPSA) is 83.8 Å². The zero-order chi connectivity index (χ0) is 10.9. The highest BCUT2D eigenvalue weighted by Crippen LogP contribution is 2.13. The molecule has 14 heavy (non-hydrogen) atoms. The summed E-state index contributed by atoms with van der Waals surface area (Å²) in [7, 11) is 0. The SMILES string of the molecule is Cc1[nH]nc(N)c1C(=O)NC(C)(C)C. The highest BCUT2D eigenvalue weighted by molar-refractivity contribution is 5.99. The normalized spacial score (nSPS) is 11.4. The van der Waals surface area contributed by atoms with Gasteiger partial charge >= 0.3 is 0 Å². The second-order valence-electron chi connectivity index (χ2n) is 4.31. The lowest BCUT2D eigenvalue weighted by Gasteiger charge is -2.20. The molecule has 0 fully saturated rings. The zero-order valence-electron chi connectivity index (χ0n) is 8.93. The number of nitrogen functional groups attached to an aromatic ring is 1. The molecule has 1 heterocycles. The largest absolute Gasteiger partial charge is 0.382 e. The Bertz CT molecular complexity index is 329. The van der Waals surface area contributed by atoms with Gasteiger partial charge in [-0.2, -0.15) is 5.10 Å². The fraction of sp³-hybridized carbons (Fsp3) is 0.556. The van der Waals surface area contributed by atoms with Crippen LogP contribution in [0.5, 0.6) is 0 Å². The lowest BCUT2D eigenvalue weighted by Crippen LogP contribution is -2.40. The monoisotopic (exact) mass is 196 g/mol. The van der Waals surface area contributed by atoms with Crippen LogP contribution in [0.25, 0.3) is 0 Å². The van der Waals surface area contributed by atoms with Crippen LogP contribution in [0.4, 0.5) is 5.82 Å². The third-order valence-electron chi connectivity index (χ3n) is 1.69. The van der Waals surface area contributed by atoms with Crippen LogP contribution in [0.2, 0.25) is 0 Å². The molecule has 1 rings (SSSR count). The van der Waals surface area contributed by atoms with E-state index in [2.05, 4.69) is 15.5 Å². The number of carbonyl (C=O) groups excluding carboxylic acids is 1. The maximum Gasteiger partial charge on any atom is 0.257 e. The Hall–Kier alpha value is -1.52. The average Bonchev–Trinajstić information content (AvgIpc) is 2.27. The fourth-order valence-corrected chi connectivity index (χ4v) is 1.14. The van der Waals surface area contributed by atoms with E-state index in [1.54, 1.807) is 6.92 Å². The quantitative estimate of drug-likeness (QED) is 0.622. The summed E-state index contributed by atoms with van der Waals surface area (Å²) in [6.45, 7) is 7.50. The molecular formula is C9H16N4O. The Kier molecular flexibility index (Phi) is 2.51. The Morgan fingerprint density at radius 3 is 2.43 bits per heavy atom. The smallest absolute Gasteiger partial charge is 0.257 e. The molecular weight excluding hydrogens is 180 g/mol. The summed E-state index contributed by atoms with van der Waals surface area (Å²) in [5.41, 5.74) is 6.40. The summed E-state index contributed by atoms with van der Waals surface area (Å²) in [6, 6.07) is 0. The summed E-state index contributed by atoms with van der Waals surface area (Å²) >= 11 is 0. The van der Waals surface area contributed by atoms with Crippen molar-refractivity contribution in [2.75, 3.05) is 5.73 Å². The minimum absolute atomic E-state index is 0.193. The molecule has 0 saturated carbocycles. The van der Waals surface area contributed by atoms with Gasteiger partial charge in [0.15, 0.2) is 5.82 Å². The van der Waals surface area contributed by atoms with Crippen molar-refractivity contribution in [2.45, 2.75) is 33.2 Å². The van der Waals surface area contributed by atoms with Gasteiger partial charge in [-0.15, -0.1) is 0 Å². The maximum absolute atomic E-state index is 11.7. The number of hydrogen-bond donors (Lipinski definition) is 3. The third kappa shape index (κ3) is 2.25. The van der Waals surface area contributed by atoms with Crippen LogP contribution < -0.4 is 11.1 Å². The van der Waals surface area contributed by atoms with E-state index in [-0.39, 0.29) is 17.3 Å². The highest BCUT2D eigenvalue weighted by Gasteiger charge is 2.20. The molecule has 0 bridgehead atoms. The zero-order valence-corrected chi connectivity index (χ0v) is 8.93. The van der Waals surface area contributed by atoms with Gasteiger partial charge < -0.3 is 11.1 Å². The van der Waals surface area contributed by atoms with E-state index < -0.39 is 0 Å². The molecule has 0 radical (unpaired) electrons. The number of nitrogens with two attached hydrogens (primary N) is 1. The first-order chi connectivity index (χ1) is 6.31. The first-order valence-corrected chi connectivity index (χ1v) is 4.44. The predicted octanol–water partition coefficient (Wildman–Crippen LogP) is 0.829. The van der Waals surface area contributed by atoms with Crippen molar-refractivity contribution in [3.05, 3.63) is 11.3 Å². The molecule has 0 aliphatic heterocycles. The molecule has 5 heteroatoms. The Balaban J connectivity index is 2.90. The van der Waals surface area contributed by atoms with E-state index in [0.29, 0.717) is 11.3 Å². The molecule has 0 unspecified atom stereocenters. The highest BCUT2D eigenvalue weighted by atomic mass is 16.1. The van der Waals surface area contributed by atoms with Gasteiger partial charge in [0, 0.05) is 11.2 Å². The van der Waals surface area contributed by atoms with E-state index in [1.165, 1.54) is 0 Å². The summed E-state index contributed by atoms with van der Waals surface area (Å²) in [5, 5.41) is 9.25. The predicted molar refractivity (Wildman–Crippen MR) is 55.0 cm³/mol. The second-order valence-corrected chi connectivity index (χ2v) is 4.31. The number of aryl methyl sites for hydroxylation is 1. The van der Waals surface area contributed by atoms with E-state index in [4.69, 9.17) is 5.73 Å². The van der Waals surface area contributed by atoms with Gasteiger partial charge in [0.2, 0.25) is 0 Å². The summed E-state index contributed by atoms with van der Waals surface area (Å²) in [6.07, 6.45) is 0. The van der Waals surface area contributed by atoms with Crippen molar-refractivity contribution in [3.8, 4) is 0 Å². The van der Waals surface area contributed by atoms with Crippen molar-refractivity contribution < 1.29 is 4.79 Å². The van der Waals surface area contributed by atoms with Gasteiger partial charge in [-0.3, -0.25) is 9.89 Å². The van der Waals surface area contributed by atoms with Gasteiger partial charge in [-0.1, -0.05) is 0 Å². The lowest BCUT2D eigenvalue weighted by molar-refractivity contribution is 0.0920.